The highest BCUT2D eigenvalue weighted by Gasteiger charge is 2.32. The summed E-state index contributed by atoms with van der Waals surface area (Å²) in [5, 5.41) is 3.36. The summed E-state index contributed by atoms with van der Waals surface area (Å²) >= 11 is 0. The lowest BCUT2D eigenvalue weighted by atomic mass is 9.95. The second-order valence-electron chi connectivity index (χ2n) is 6.32. The number of H-pyrrole nitrogens is 1. The molecule has 0 fully saturated rings. The van der Waals surface area contributed by atoms with E-state index in [0.717, 1.165) is 18.5 Å². The molecule has 120 valence electrons. The highest BCUT2D eigenvalue weighted by Crippen LogP contribution is 2.29. The third-order valence-electron chi connectivity index (χ3n) is 3.59. The zero-order chi connectivity index (χ0) is 16.1. The zero-order valence-electron chi connectivity index (χ0n) is 14.2. The molecule has 5 heteroatoms. The maximum absolute atomic E-state index is 11.9. The number of nitrogens with zero attached hydrogens (tertiary/aromatic N) is 1. The van der Waals surface area contributed by atoms with Gasteiger partial charge in [0.25, 0.3) is 5.56 Å². The van der Waals surface area contributed by atoms with Gasteiger partial charge < -0.3 is 15.0 Å². The minimum atomic E-state index is -0.508. The third kappa shape index (κ3) is 4.93. The molecule has 1 aromatic heterocycles. The molecular weight excluding hydrogens is 266 g/mol. The SMILES string of the molecule is CCOC(CC)(CC)c1nc(CNC(C)(C)C)cc(=O)[nH]1. The lowest BCUT2D eigenvalue weighted by molar-refractivity contribution is -0.0574. The fourth-order valence-electron chi connectivity index (χ4n) is 2.30. The van der Waals surface area contributed by atoms with Crippen LogP contribution in [-0.2, 0) is 16.9 Å². The monoisotopic (exact) mass is 295 g/mol. The van der Waals surface area contributed by atoms with Gasteiger partial charge in [-0.05, 0) is 40.5 Å². The van der Waals surface area contributed by atoms with Crippen molar-refractivity contribution in [3.05, 3.63) is 27.9 Å². The molecule has 0 saturated heterocycles. The first-order valence-corrected chi connectivity index (χ1v) is 7.76. The number of aromatic nitrogens is 2. The molecule has 5 nitrogen and oxygen atoms in total. The standard InChI is InChI=1S/C16H29N3O2/c1-7-16(8-2,21-9-3)14-18-12(10-13(20)19-14)11-17-15(4,5)6/h10,17H,7-9,11H2,1-6H3,(H,18,19,20). The second kappa shape index (κ2) is 7.18. The van der Waals surface area contributed by atoms with E-state index in [-0.39, 0.29) is 11.1 Å². The van der Waals surface area contributed by atoms with Gasteiger partial charge in [0.15, 0.2) is 0 Å². The number of nitrogens with one attached hydrogen (secondary N) is 2. The topological polar surface area (TPSA) is 67.0 Å². The number of hydrogen-bond acceptors (Lipinski definition) is 4. The van der Waals surface area contributed by atoms with E-state index in [9.17, 15) is 4.79 Å². The third-order valence-corrected chi connectivity index (χ3v) is 3.59. The van der Waals surface area contributed by atoms with Crippen molar-refractivity contribution in [3.63, 3.8) is 0 Å². The Labute approximate surface area is 127 Å². The van der Waals surface area contributed by atoms with Crippen molar-refractivity contribution in [2.24, 2.45) is 0 Å². The molecule has 0 aliphatic carbocycles. The highest BCUT2D eigenvalue weighted by atomic mass is 16.5. The van der Waals surface area contributed by atoms with Crippen LogP contribution in [0.5, 0.6) is 0 Å². The number of ether oxygens (including phenoxy) is 1. The Morgan fingerprint density at radius 1 is 1.24 bits per heavy atom. The smallest absolute Gasteiger partial charge is 0.251 e. The first-order chi connectivity index (χ1) is 9.76. The molecular formula is C16H29N3O2. The summed E-state index contributed by atoms with van der Waals surface area (Å²) in [5.41, 5.74) is 0.0918. The Kier molecular flexibility index (Phi) is 6.10. The van der Waals surface area contributed by atoms with Gasteiger partial charge in [-0.25, -0.2) is 4.98 Å². The average Bonchev–Trinajstić information content (AvgIpc) is 2.41. The summed E-state index contributed by atoms with van der Waals surface area (Å²) in [6.07, 6.45) is 1.55. The van der Waals surface area contributed by atoms with E-state index in [4.69, 9.17) is 4.74 Å². The van der Waals surface area contributed by atoms with Crippen molar-refractivity contribution in [1.82, 2.24) is 15.3 Å². The molecule has 0 atom stereocenters. The molecule has 1 rings (SSSR count). The van der Waals surface area contributed by atoms with Crippen LogP contribution in [0.3, 0.4) is 0 Å². The van der Waals surface area contributed by atoms with Gasteiger partial charge in [0.05, 0.1) is 5.69 Å². The second-order valence-corrected chi connectivity index (χ2v) is 6.32. The van der Waals surface area contributed by atoms with Crippen molar-refractivity contribution in [3.8, 4) is 0 Å². The van der Waals surface area contributed by atoms with E-state index in [1.54, 1.807) is 6.07 Å². The van der Waals surface area contributed by atoms with E-state index in [1.807, 2.05) is 6.92 Å². The van der Waals surface area contributed by atoms with Crippen LogP contribution in [0.4, 0.5) is 0 Å². The lowest BCUT2D eigenvalue weighted by Crippen LogP contribution is -2.37. The first kappa shape index (κ1) is 17.9. The van der Waals surface area contributed by atoms with Crippen LogP contribution in [0.2, 0.25) is 0 Å². The molecule has 1 heterocycles. The Morgan fingerprint density at radius 2 is 1.86 bits per heavy atom. The van der Waals surface area contributed by atoms with Crippen LogP contribution in [0.25, 0.3) is 0 Å². The van der Waals surface area contributed by atoms with Gasteiger partial charge in [0, 0.05) is 24.8 Å². The Hall–Kier alpha value is -1.20. The Morgan fingerprint density at radius 3 is 2.33 bits per heavy atom. The van der Waals surface area contributed by atoms with Gasteiger partial charge in [-0.2, -0.15) is 0 Å². The van der Waals surface area contributed by atoms with Crippen LogP contribution >= 0.6 is 0 Å². The minimum absolute atomic E-state index is 0.0169. The summed E-state index contributed by atoms with van der Waals surface area (Å²) < 4.78 is 5.92. The van der Waals surface area contributed by atoms with E-state index in [2.05, 4.69) is 49.9 Å². The predicted molar refractivity (Wildman–Crippen MR) is 85.3 cm³/mol. The molecule has 0 aromatic carbocycles. The molecule has 0 unspecified atom stereocenters. The van der Waals surface area contributed by atoms with Crippen molar-refractivity contribution >= 4 is 0 Å². The van der Waals surface area contributed by atoms with Crippen LogP contribution < -0.4 is 10.9 Å². The fraction of sp³-hybridized carbons (Fsp3) is 0.750. The van der Waals surface area contributed by atoms with Crippen LogP contribution in [0, 0.1) is 0 Å². The van der Waals surface area contributed by atoms with Crippen molar-refractivity contribution < 1.29 is 4.74 Å². The predicted octanol–water partition coefficient (Wildman–Crippen LogP) is 2.71. The molecule has 0 radical (unpaired) electrons. The summed E-state index contributed by atoms with van der Waals surface area (Å²) in [6, 6.07) is 1.55. The number of aromatic amines is 1. The van der Waals surface area contributed by atoms with E-state index < -0.39 is 5.60 Å². The molecule has 0 amide bonds. The van der Waals surface area contributed by atoms with E-state index >= 15 is 0 Å². The Bertz CT molecular complexity index is 499. The van der Waals surface area contributed by atoms with Crippen molar-refractivity contribution in [2.45, 2.75) is 72.1 Å². The van der Waals surface area contributed by atoms with Gasteiger partial charge in [-0.15, -0.1) is 0 Å². The number of rotatable bonds is 7. The van der Waals surface area contributed by atoms with Crippen molar-refractivity contribution in [2.75, 3.05) is 6.61 Å². The van der Waals surface area contributed by atoms with E-state index in [0.29, 0.717) is 19.0 Å². The summed E-state index contributed by atoms with van der Waals surface area (Å²) in [7, 11) is 0. The number of hydrogen-bond donors (Lipinski definition) is 2. The Balaban J connectivity index is 3.13. The van der Waals surface area contributed by atoms with Crippen LogP contribution in [-0.4, -0.2) is 22.1 Å². The van der Waals surface area contributed by atoms with Crippen LogP contribution in [0.15, 0.2) is 10.9 Å². The first-order valence-electron chi connectivity index (χ1n) is 7.76. The summed E-state index contributed by atoms with van der Waals surface area (Å²) in [5.74, 6) is 0.632. The molecule has 0 aliphatic rings. The van der Waals surface area contributed by atoms with Crippen molar-refractivity contribution in [1.29, 1.82) is 0 Å². The largest absolute Gasteiger partial charge is 0.367 e. The zero-order valence-corrected chi connectivity index (χ0v) is 14.2. The molecule has 0 spiro atoms. The van der Waals surface area contributed by atoms with Gasteiger partial charge in [0.2, 0.25) is 0 Å². The lowest BCUT2D eigenvalue weighted by Gasteiger charge is -2.30. The highest BCUT2D eigenvalue weighted by molar-refractivity contribution is 5.09. The maximum atomic E-state index is 11.9. The summed E-state index contributed by atoms with van der Waals surface area (Å²) in [6.45, 7) is 13.5. The molecule has 2 N–H and O–H groups in total. The minimum Gasteiger partial charge on any atom is -0.367 e. The molecule has 0 bridgehead atoms. The van der Waals surface area contributed by atoms with E-state index in [1.165, 1.54) is 0 Å². The normalized spacial score (nSPS) is 12.7. The van der Waals surface area contributed by atoms with Crippen LogP contribution in [0.1, 0.15) is 65.9 Å². The quantitative estimate of drug-likeness (QED) is 0.811. The molecule has 21 heavy (non-hydrogen) atoms. The fourth-order valence-corrected chi connectivity index (χ4v) is 2.30. The van der Waals surface area contributed by atoms with Gasteiger partial charge in [-0.3, -0.25) is 4.79 Å². The van der Waals surface area contributed by atoms with Gasteiger partial charge in [-0.1, -0.05) is 13.8 Å². The average molecular weight is 295 g/mol. The molecule has 0 saturated carbocycles. The molecule has 1 aromatic rings. The maximum Gasteiger partial charge on any atom is 0.251 e. The summed E-state index contributed by atoms with van der Waals surface area (Å²) in [4.78, 5) is 19.4. The van der Waals surface area contributed by atoms with Gasteiger partial charge in [0.1, 0.15) is 11.4 Å². The molecule has 0 aliphatic heterocycles. The van der Waals surface area contributed by atoms with Gasteiger partial charge >= 0.3 is 0 Å².